The van der Waals surface area contributed by atoms with Crippen molar-refractivity contribution in [2.24, 2.45) is 0 Å². The number of rotatable bonds is 8. The number of methoxy groups -OCH3 is 3. The van der Waals surface area contributed by atoms with Gasteiger partial charge in [-0.25, -0.2) is 4.79 Å². The molecule has 0 saturated carbocycles. The fourth-order valence-electron chi connectivity index (χ4n) is 2.82. The Morgan fingerprint density at radius 2 is 1.45 bits per heavy atom. The number of hydrogen-bond acceptors (Lipinski definition) is 6. The number of benzene rings is 3. The van der Waals surface area contributed by atoms with Crippen molar-refractivity contribution >= 4 is 17.6 Å². The minimum Gasteiger partial charge on any atom is -0.497 e. The standard InChI is InChI=1S/C24H23NO6/c1-28-19-10-8-18(9-11-19)25-23(26)17-6-4-16(5-7-17)15-31-22-14-20(29-2)12-13-21(22)24(27)30-3/h4-14H,15H2,1-3H3,(H,25,26). The molecule has 3 aromatic carbocycles. The van der Waals surface area contributed by atoms with Crippen molar-refractivity contribution in [2.45, 2.75) is 6.61 Å². The lowest BCUT2D eigenvalue weighted by Gasteiger charge is -2.12. The molecule has 7 nitrogen and oxygen atoms in total. The molecule has 1 amide bonds. The van der Waals surface area contributed by atoms with E-state index in [0.29, 0.717) is 34.1 Å². The number of nitrogens with one attached hydrogen (secondary N) is 1. The molecule has 1 N–H and O–H groups in total. The summed E-state index contributed by atoms with van der Waals surface area (Å²) in [5.74, 6) is 0.913. The van der Waals surface area contributed by atoms with E-state index in [2.05, 4.69) is 5.32 Å². The number of hydrogen-bond donors (Lipinski definition) is 1. The molecule has 31 heavy (non-hydrogen) atoms. The van der Waals surface area contributed by atoms with E-state index in [9.17, 15) is 9.59 Å². The zero-order chi connectivity index (χ0) is 22.2. The molecule has 7 heteroatoms. The molecule has 0 heterocycles. The van der Waals surface area contributed by atoms with Crippen LogP contribution in [0.25, 0.3) is 0 Å². The van der Waals surface area contributed by atoms with Crippen molar-refractivity contribution in [1.82, 2.24) is 0 Å². The SMILES string of the molecule is COC(=O)c1ccc(OC)cc1OCc1ccc(C(=O)Nc2ccc(OC)cc2)cc1. The first-order valence-corrected chi connectivity index (χ1v) is 9.47. The van der Waals surface area contributed by atoms with Crippen molar-refractivity contribution in [2.75, 3.05) is 26.6 Å². The first-order chi connectivity index (χ1) is 15.0. The summed E-state index contributed by atoms with van der Waals surface area (Å²) >= 11 is 0. The number of carbonyl (C=O) groups excluding carboxylic acids is 2. The molecule has 0 radical (unpaired) electrons. The predicted molar refractivity (Wildman–Crippen MR) is 116 cm³/mol. The van der Waals surface area contributed by atoms with Crippen LogP contribution in [0.15, 0.2) is 66.7 Å². The minimum atomic E-state index is -0.497. The molecule has 0 aliphatic heterocycles. The Morgan fingerprint density at radius 3 is 2.06 bits per heavy atom. The van der Waals surface area contributed by atoms with Crippen LogP contribution in [0.1, 0.15) is 26.3 Å². The van der Waals surface area contributed by atoms with E-state index in [4.69, 9.17) is 18.9 Å². The molecule has 3 aromatic rings. The Kier molecular flexibility index (Phi) is 7.11. The Morgan fingerprint density at radius 1 is 0.806 bits per heavy atom. The maximum absolute atomic E-state index is 12.4. The molecule has 0 spiro atoms. The Hall–Kier alpha value is -4.00. The van der Waals surface area contributed by atoms with Gasteiger partial charge in [-0.1, -0.05) is 12.1 Å². The van der Waals surface area contributed by atoms with Gasteiger partial charge in [0.15, 0.2) is 0 Å². The second-order valence-corrected chi connectivity index (χ2v) is 6.52. The van der Waals surface area contributed by atoms with Gasteiger partial charge in [0.2, 0.25) is 0 Å². The van der Waals surface area contributed by atoms with E-state index in [-0.39, 0.29) is 12.5 Å². The van der Waals surface area contributed by atoms with Crippen molar-refractivity contribution in [3.8, 4) is 17.2 Å². The molecule has 160 valence electrons. The molecule has 0 aromatic heterocycles. The van der Waals surface area contributed by atoms with E-state index in [1.165, 1.54) is 14.2 Å². The normalized spacial score (nSPS) is 10.2. The third-order valence-corrected chi connectivity index (χ3v) is 4.55. The van der Waals surface area contributed by atoms with Gasteiger partial charge in [0.05, 0.1) is 21.3 Å². The van der Waals surface area contributed by atoms with Crippen LogP contribution in [-0.4, -0.2) is 33.2 Å². The van der Waals surface area contributed by atoms with Gasteiger partial charge >= 0.3 is 5.97 Å². The molecule has 0 saturated heterocycles. The van der Waals surface area contributed by atoms with Crippen LogP contribution in [0.5, 0.6) is 17.2 Å². The number of ether oxygens (including phenoxy) is 4. The lowest BCUT2D eigenvalue weighted by Crippen LogP contribution is -2.12. The van der Waals surface area contributed by atoms with Gasteiger partial charge in [-0.2, -0.15) is 0 Å². The number of amides is 1. The summed E-state index contributed by atoms with van der Waals surface area (Å²) in [6.07, 6.45) is 0. The van der Waals surface area contributed by atoms with Gasteiger partial charge in [0, 0.05) is 17.3 Å². The Balaban J connectivity index is 1.65. The molecule has 0 aliphatic carbocycles. The average Bonchev–Trinajstić information content (AvgIpc) is 2.82. The third-order valence-electron chi connectivity index (χ3n) is 4.55. The molecular formula is C24H23NO6. The summed E-state index contributed by atoms with van der Waals surface area (Å²) in [7, 11) is 4.43. The summed E-state index contributed by atoms with van der Waals surface area (Å²) in [5, 5.41) is 2.83. The fraction of sp³-hybridized carbons (Fsp3) is 0.167. The highest BCUT2D eigenvalue weighted by atomic mass is 16.5. The van der Waals surface area contributed by atoms with Crippen LogP contribution in [0, 0.1) is 0 Å². The molecule has 0 fully saturated rings. The molecule has 3 rings (SSSR count). The summed E-state index contributed by atoms with van der Waals surface area (Å²) in [4.78, 5) is 24.4. The largest absolute Gasteiger partial charge is 0.497 e. The highest BCUT2D eigenvalue weighted by Crippen LogP contribution is 2.26. The van der Waals surface area contributed by atoms with Crippen LogP contribution < -0.4 is 19.5 Å². The van der Waals surface area contributed by atoms with Gasteiger partial charge in [0.25, 0.3) is 5.91 Å². The lowest BCUT2D eigenvalue weighted by molar-refractivity contribution is 0.0595. The zero-order valence-electron chi connectivity index (χ0n) is 17.5. The number of carbonyl (C=O) groups is 2. The van der Waals surface area contributed by atoms with Crippen molar-refractivity contribution < 1.29 is 28.5 Å². The smallest absolute Gasteiger partial charge is 0.341 e. The third kappa shape index (κ3) is 5.54. The van der Waals surface area contributed by atoms with E-state index in [1.807, 2.05) is 0 Å². The second-order valence-electron chi connectivity index (χ2n) is 6.52. The molecular weight excluding hydrogens is 398 g/mol. The van der Waals surface area contributed by atoms with Gasteiger partial charge < -0.3 is 24.3 Å². The van der Waals surface area contributed by atoms with E-state index in [0.717, 1.165) is 5.56 Å². The van der Waals surface area contributed by atoms with E-state index >= 15 is 0 Å². The summed E-state index contributed by atoms with van der Waals surface area (Å²) in [6.45, 7) is 0.206. The first kappa shape index (κ1) is 21.7. The van der Waals surface area contributed by atoms with Crippen LogP contribution >= 0.6 is 0 Å². The predicted octanol–water partition coefficient (Wildman–Crippen LogP) is 4.32. The minimum absolute atomic E-state index is 0.206. The maximum Gasteiger partial charge on any atom is 0.341 e. The van der Waals surface area contributed by atoms with E-state index < -0.39 is 5.97 Å². The zero-order valence-corrected chi connectivity index (χ0v) is 17.5. The van der Waals surface area contributed by atoms with Crippen LogP contribution in [0.4, 0.5) is 5.69 Å². The Bertz CT molecular complexity index is 1040. The van der Waals surface area contributed by atoms with Crippen molar-refractivity contribution in [1.29, 1.82) is 0 Å². The summed E-state index contributed by atoms with van der Waals surface area (Å²) in [5.41, 5.74) is 2.32. The topological polar surface area (TPSA) is 83.1 Å². The lowest BCUT2D eigenvalue weighted by atomic mass is 10.1. The summed E-state index contributed by atoms with van der Waals surface area (Å²) in [6, 6.07) is 19.0. The van der Waals surface area contributed by atoms with Gasteiger partial charge in [-0.15, -0.1) is 0 Å². The quantitative estimate of drug-likeness (QED) is 0.546. The van der Waals surface area contributed by atoms with Crippen LogP contribution in [0.3, 0.4) is 0 Å². The highest BCUT2D eigenvalue weighted by molar-refractivity contribution is 6.04. The maximum atomic E-state index is 12.4. The van der Waals surface area contributed by atoms with Crippen molar-refractivity contribution in [3.05, 3.63) is 83.4 Å². The average molecular weight is 421 g/mol. The van der Waals surface area contributed by atoms with E-state index in [1.54, 1.807) is 73.8 Å². The van der Waals surface area contributed by atoms with Crippen molar-refractivity contribution in [3.63, 3.8) is 0 Å². The van der Waals surface area contributed by atoms with Gasteiger partial charge in [0.1, 0.15) is 29.4 Å². The highest BCUT2D eigenvalue weighted by Gasteiger charge is 2.14. The number of esters is 1. The van der Waals surface area contributed by atoms with Gasteiger partial charge in [-0.05, 0) is 54.1 Å². The van der Waals surface area contributed by atoms with Gasteiger partial charge in [-0.3, -0.25) is 4.79 Å². The van der Waals surface area contributed by atoms with Crippen LogP contribution in [0.2, 0.25) is 0 Å². The monoisotopic (exact) mass is 421 g/mol. The first-order valence-electron chi connectivity index (χ1n) is 9.47. The molecule has 0 aliphatic rings. The summed E-state index contributed by atoms with van der Waals surface area (Å²) < 4.78 is 20.9. The molecule has 0 unspecified atom stereocenters. The fourth-order valence-corrected chi connectivity index (χ4v) is 2.82. The van der Waals surface area contributed by atoms with Crippen LogP contribution in [-0.2, 0) is 11.3 Å². The Labute approximate surface area is 180 Å². The second kappa shape index (κ2) is 10.2. The molecule has 0 atom stereocenters. The molecule has 0 bridgehead atoms. The number of anilines is 1.